The van der Waals surface area contributed by atoms with Crippen molar-refractivity contribution in [2.75, 3.05) is 40.0 Å². The van der Waals surface area contributed by atoms with Crippen LogP contribution in [0.15, 0.2) is 12.1 Å². The first kappa shape index (κ1) is 16.9. The van der Waals surface area contributed by atoms with Gasteiger partial charge in [-0.2, -0.15) is 0 Å². The van der Waals surface area contributed by atoms with E-state index in [1.54, 1.807) is 7.11 Å². The topological polar surface area (TPSA) is 30.9 Å². The van der Waals surface area contributed by atoms with Gasteiger partial charge in [-0.15, -0.1) is 0 Å². The predicted molar refractivity (Wildman–Crippen MR) is 91.5 cm³/mol. The Kier molecular flexibility index (Phi) is 5.67. The molecule has 0 saturated carbocycles. The van der Waals surface area contributed by atoms with Gasteiger partial charge in [0.1, 0.15) is 0 Å². The van der Waals surface area contributed by atoms with Crippen LogP contribution in [-0.4, -0.2) is 44.9 Å². The molecule has 128 valence electrons. The number of methoxy groups -OCH3 is 1. The maximum atomic E-state index is 6.39. The summed E-state index contributed by atoms with van der Waals surface area (Å²) in [4.78, 5) is 2.46. The van der Waals surface area contributed by atoms with Gasteiger partial charge in [0, 0.05) is 32.8 Å². The molecule has 1 aromatic carbocycles. The van der Waals surface area contributed by atoms with Crippen molar-refractivity contribution in [2.45, 2.75) is 26.3 Å². The molecule has 2 heterocycles. The highest BCUT2D eigenvalue weighted by Crippen LogP contribution is 2.38. The Bertz CT molecular complexity index is 525. The first-order valence-corrected chi connectivity index (χ1v) is 8.88. The standard InChI is InChI=1S/C18H26ClNO3/c1-3-5-23-18-16(19)7-13(8-17(18)21-2)9-20-10-15(11-20)14-4-6-22-12-14/h7-8,14-15H,3-6,9-12H2,1-2H3. The Labute approximate surface area is 143 Å². The molecular formula is C18H26ClNO3. The van der Waals surface area contributed by atoms with Crippen LogP contribution in [0.2, 0.25) is 5.02 Å². The van der Waals surface area contributed by atoms with Crippen LogP contribution in [0.5, 0.6) is 11.5 Å². The number of nitrogens with zero attached hydrogens (tertiary/aromatic N) is 1. The van der Waals surface area contributed by atoms with Crippen molar-refractivity contribution in [1.82, 2.24) is 4.90 Å². The lowest BCUT2D eigenvalue weighted by Gasteiger charge is -2.42. The summed E-state index contributed by atoms with van der Waals surface area (Å²) in [7, 11) is 1.66. The van der Waals surface area contributed by atoms with E-state index < -0.39 is 0 Å². The van der Waals surface area contributed by atoms with Gasteiger partial charge >= 0.3 is 0 Å². The molecule has 2 saturated heterocycles. The van der Waals surface area contributed by atoms with E-state index in [1.165, 1.54) is 12.0 Å². The van der Waals surface area contributed by atoms with Crippen molar-refractivity contribution >= 4 is 11.6 Å². The van der Waals surface area contributed by atoms with Gasteiger partial charge in [0.15, 0.2) is 11.5 Å². The molecular weight excluding hydrogens is 314 g/mol. The largest absolute Gasteiger partial charge is 0.493 e. The van der Waals surface area contributed by atoms with Gasteiger partial charge < -0.3 is 14.2 Å². The van der Waals surface area contributed by atoms with Gasteiger partial charge in [0.25, 0.3) is 0 Å². The fourth-order valence-electron chi connectivity index (χ4n) is 3.43. The lowest BCUT2D eigenvalue weighted by molar-refractivity contribution is 0.0443. The maximum absolute atomic E-state index is 6.39. The Morgan fingerprint density at radius 3 is 2.78 bits per heavy atom. The Morgan fingerprint density at radius 2 is 2.13 bits per heavy atom. The molecule has 1 atom stereocenters. The maximum Gasteiger partial charge on any atom is 0.179 e. The van der Waals surface area contributed by atoms with Crippen LogP contribution in [0.4, 0.5) is 0 Å². The number of rotatable bonds is 7. The number of benzene rings is 1. The van der Waals surface area contributed by atoms with Gasteiger partial charge in [-0.3, -0.25) is 4.90 Å². The van der Waals surface area contributed by atoms with Gasteiger partial charge in [0.2, 0.25) is 0 Å². The van der Waals surface area contributed by atoms with E-state index in [-0.39, 0.29) is 0 Å². The Balaban J connectivity index is 1.59. The summed E-state index contributed by atoms with van der Waals surface area (Å²) in [6, 6.07) is 4.05. The van der Waals surface area contributed by atoms with Crippen molar-refractivity contribution in [2.24, 2.45) is 11.8 Å². The number of ether oxygens (including phenoxy) is 3. The molecule has 23 heavy (non-hydrogen) atoms. The summed E-state index contributed by atoms with van der Waals surface area (Å²) in [5.41, 5.74) is 1.18. The number of hydrogen-bond donors (Lipinski definition) is 0. The van der Waals surface area contributed by atoms with E-state index in [9.17, 15) is 0 Å². The summed E-state index contributed by atoms with van der Waals surface area (Å²) in [5.74, 6) is 2.93. The number of halogens is 1. The molecule has 1 unspecified atom stereocenters. The summed E-state index contributed by atoms with van der Waals surface area (Å²) in [6.45, 7) is 7.82. The first-order chi connectivity index (χ1) is 11.2. The molecule has 0 aliphatic carbocycles. The fraction of sp³-hybridized carbons (Fsp3) is 0.667. The molecule has 1 aromatic rings. The average Bonchev–Trinajstić information content (AvgIpc) is 3.02. The third-order valence-corrected chi connectivity index (χ3v) is 5.04. The fourth-order valence-corrected chi connectivity index (χ4v) is 3.72. The molecule has 4 nitrogen and oxygen atoms in total. The molecule has 2 fully saturated rings. The monoisotopic (exact) mass is 339 g/mol. The van der Waals surface area contributed by atoms with Crippen LogP contribution in [-0.2, 0) is 11.3 Å². The van der Waals surface area contributed by atoms with Crippen molar-refractivity contribution < 1.29 is 14.2 Å². The van der Waals surface area contributed by atoms with E-state index in [1.807, 2.05) is 12.1 Å². The molecule has 2 aliphatic heterocycles. The van der Waals surface area contributed by atoms with Gasteiger partial charge in [-0.1, -0.05) is 18.5 Å². The second-order valence-electron chi connectivity index (χ2n) is 6.54. The highest BCUT2D eigenvalue weighted by Gasteiger charge is 2.35. The molecule has 2 aliphatic rings. The SMILES string of the molecule is CCCOc1c(Cl)cc(CN2CC(C3CCOC3)C2)cc1OC. The Hall–Kier alpha value is -0.970. The van der Waals surface area contributed by atoms with Crippen LogP contribution in [0.25, 0.3) is 0 Å². The Morgan fingerprint density at radius 1 is 1.30 bits per heavy atom. The zero-order valence-electron chi connectivity index (χ0n) is 14.0. The summed E-state index contributed by atoms with van der Waals surface area (Å²) < 4.78 is 16.7. The number of hydrogen-bond acceptors (Lipinski definition) is 4. The average molecular weight is 340 g/mol. The second kappa shape index (κ2) is 7.73. The molecule has 0 amide bonds. The van der Waals surface area contributed by atoms with E-state index in [0.29, 0.717) is 17.4 Å². The lowest BCUT2D eigenvalue weighted by atomic mass is 9.85. The quantitative estimate of drug-likeness (QED) is 0.759. The van der Waals surface area contributed by atoms with Crippen molar-refractivity contribution in [3.05, 3.63) is 22.7 Å². The summed E-state index contributed by atoms with van der Waals surface area (Å²) in [5, 5.41) is 0.633. The summed E-state index contributed by atoms with van der Waals surface area (Å²) in [6.07, 6.45) is 2.17. The van der Waals surface area contributed by atoms with Crippen LogP contribution in [0.1, 0.15) is 25.3 Å². The van der Waals surface area contributed by atoms with Crippen molar-refractivity contribution in [1.29, 1.82) is 0 Å². The molecule has 0 N–H and O–H groups in total. The molecule has 3 rings (SSSR count). The third kappa shape index (κ3) is 3.93. The van der Waals surface area contributed by atoms with Gasteiger partial charge in [-0.25, -0.2) is 0 Å². The molecule has 5 heteroatoms. The minimum absolute atomic E-state index is 0.633. The van der Waals surface area contributed by atoms with Crippen LogP contribution in [0, 0.1) is 11.8 Å². The van der Waals surface area contributed by atoms with Crippen LogP contribution in [0.3, 0.4) is 0 Å². The van der Waals surface area contributed by atoms with Crippen molar-refractivity contribution in [3.63, 3.8) is 0 Å². The highest BCUT2D eigenvalue weighted by atomic mass is 35.5. The molecule has 0 aromatic heterocycles. The summed E-state index contributed by atoms with van der Waals surface area (Å²) >= 11 is 6.39. The minimum atomic E-state index is 0.633. The van der Waals surface area contributed by atoms with E-state index in [0.717, 1.165) is 56.9 Å². The first-order valence-electron chi connectivity index (χ1n) is 8.50. The van der Waals surface area contributed by atoms with Gasteiger partial charge in [0.05, 0.1) is 18.7 Å². The van der Waals surface area contributed by atoms with E-state index in [2.05, 4.69) is 11.8 Å². The zero-order chi connectivity index (χ0) is 16.2. The zero-order valence-corrected chi connectivity index (χ0v) is 14.8. The third-order valence-electron chi connectivity index (χ3n) is 4.76. The minimum Gasteiger partial charge on any atom is -0.493 e. The number of likely N-dealkylation sites (tertiary alicyclic amines) is 1. The van der Waals surface area contributed by atoms with Crippen molar-refractivity contribution in [3.8, 4) is 11.5 Å². The smallest absolute Gasteiger partial charge is 0.179 e. The van der Waals surface area contributed by atoms with Crippen LogP contribution >= 0.6 is 11.6 Å². The van der Waals surface area contributed by atoms with Gasteiger partial charge in [-0.05, 0) is 42.4 Å². The highest BCUT2D eigenvalue weighted by molar-refractivity contribution is 6.32. The molecule has 0 spiro atoms. The van der Waals surface area contributed by atoms with Crippen LogP contribution < -0.4 is 9.47 Å². The predicted octanol–water partition coefficient (Wildman–Crippen LogP) is 3.61. The second-order valence-corrected chi connectivity index (χ2v) is 6.94. The lowest BCUT2D eigenvalue weighted by Crippen LogP contribution is -2.49. The molecule has 0 bridgehead atoms. The molecule has 0 radical (unpaired) electrons. The van der Waals surface area contributed by atoms with E-state index in [4.69, 9.17) is 25.8 Å². The normalized spacial score (nSPS) is 22.1. The van der Waals surface area contributed by atoms with E-state index >= 15 is 0 Å².